The molecule has 2 heteroatoms. The number of aromatic nitrogens is 1. The monoisotopic (exact) mass is 255 g/mol. The zero-order valence-corrected chi connectivity index (χ0v) is 11.6. The highest BCUT2D eigenvalue weighted by Crippen LogP contribution is 2.12. The van der Waals surface area contributed by atoms with Gasteiger partial charge in [-0.25, -0.2) is 0 Å². The van der Waals surface area contributed by atoms with Gasteiger partial charge in [0.2, 0.25) is 0 Å². The lowest BCUT2D eigenvalue weighted by atomic mass is 10.00. The van der Waals surface area contributed by atoms with Gasteiger partial charge < -0.3 is 5.11 Å². The molecular formula is C17H21NO. The van der Waals surface area contributed by atoms with Crippen molar-refractivity contribution in [3.05, 3.63) is 65.0 Å². The van der Waals surface area contributed by atoms with Gasteiger partial charge in [-0.05, 0) is 49.4 Å². The number of rotatable bonds is 5. The molecule has 0 aliphatic rings. The van der Waals surface area contributed by atoms with Gasteiger partial charge in [-0.15, -0.1) is 0 Å². The minimum absolute atomic E-state index is 0.324. The summed E-state index contributed by atoms with van der Waals surface area (Å²) in [5.74, 6) is 0. The van der Waals surface area contributed by atoms with Crippen LogP contribution >= 0.6 is 0 Å². The molecule has 1 unspecified atom stereocenters. The van der Waals surface area contributed by atoms with Gasteiger partial charge in [-0.1, -0.05) is 30.3 Å². The molecule has 0 saturated heterocycles. The van der Waals surface area contributed by atoms with Gasteiger partial charge in [0.05, 0.1) is 6.10 Å². The SMILES string of the molecule is Cc1ccc(CC(O)CCc2ccccc2C)nc1. The van der Waals surface area contributed by atoms with Crippen LogP contribution in [-0.4, -0.2) is 16.2 Å². The quantitative estimate of drug-likeness (QED) is 0.889. The molecule has 2 rings (SSSR count). The standard InChI is InChI=1S/C17H21NO/c1-13-7-9-16(18-12-13)11-17(19)10-8-15-6-4-3-5-14(15)2/h3-7,9,12,17,19H,8,10-11H2,1-2H3. The fourth-order valence-corrected chi connectivity index (χ4v) is 2.18. The van der Waals surface area contributed by atoms with Crippen molar-refractivity contribution in [1.29, 1.82) is 0 Å². The van der Waals surface area contributed by atoms with Gasteiger partial charge in [-0.2, -0.15) is 0 Å². The second-order valence-electron chi connectivity index (χ2n) is 5.15. The maximum atomic E-state index is 10.1. The van der Waals surface area contributed by atoms with E-state index in [0.29, 0.717) is 6.42 Å². The van der Waals surface area contributed by atoms with Gasteiger partial charge in [0.15, 0.2) is 0 Å². The first-order valence-corrected chi connectivity index (χ1v) is 6.79. The predicted octanol–water partition coefficient (Wildman–Crippen LogP) is 3.23. The molecule has 19 heavy (non-hydrogen) atoms. The maximum Gasteiger partial charge on any atom is 0.0598 e. The van der Waals surface area contributed by atoms with Gasteiger partial charge in [0.25, 0.3) is 0 Å². The molecule has 1 N–H and O–H groups in total. The van der Waals surface area contributed by atoms with Gasteiger partial charge >= 0.3 is 0 Å². The molecule has 0 fully saturated rings. The third kappa shape index (κ3) is 4.18. The van der Waals surface area contributed by atoms with Gasteiger partial charge in [0.1, 0.15) is 0 Å². The second-order valence-corrected chi connectivity index (χ2v) is 5.15. The summed E-state index contributed by atoms with van der Waals surface area (Å²) >= 11 is 0. The summed E-state index contributed by atoms with van der Waals surface area (Å²) in [6.07, 6.45) is 3.85. The van der Waals surface area contributed by atoms with Crippen LogP contribution in [0.25, 0.3) is 0 Å². The average Bonchev–Trinajstić information content (AvgIpc) is 2.40. The molecule has 2 aromatic rings. The molecular weight excluding hydrogens is 234 g/mol. The summed E-state index contributed by atoms with van der Waals surface area (Å²) in [6.45, 7) is 4.13. The normalized spacial score (nSPS) is 12.4. The molecule has 0 aliphatic carbocycles. The Kier molecular flexibility index (Phi) is 4.69. The molecule has 0 saturated carbocycles. The number of aliphatic hydroxyl groups is 1. The van der Waals surface area contributed by atoms with E-state index in [-0.39, 0.29) is 6.10 Å². The van der Waals surface area contributed by atoms with Crippen LogP contribution in [0.3, 0.4) is 0 Å². The van der Waals surface area contributed by atoms with E-state index in [0.717, 1.165) is 24.1 Å². The highest BCUT2D eigenvalue weighted by Gasteiger charge is 2.07. The van der Waals surface area contributed by atoms with E-state index in [2.05, 4.69) is 30.1 Å². The summed E-state index contributed by atoms with van der Waals surface area (Å²) in [7, 11) is 0. The van der Waals surface area contributed by atoms with Crippen molar-refractivity contribution in [2.24, 2.45) is 0 Å². The molecule has 0 spiro atoms. The molecule has 100 valence electrons. The van der Waals surface area contributed by atoms with E-state index >= 15 is 0 Å². The second kappa shape index (κ2) is 6.48. The Morgan fingerprint density at radius 1 is 1.11 bits per heavy atom. The largest absolute Gasteiger partial charge is 0.393 e. The number of aliphatic hydroxyl groups excluding tert-OH is 1. The van der Waals surface area contributed by atoms with Crippen LogP contribution in [0, 0.1) is 13.8 Å². The van der Waals surface area contributed by atoms with Gasteiger partial charge in [0, 0.05) is 18.3 Å². The topological polar surface area (TPSA) is 33.1 Å². The van der Waals surface area contributed by atoms with Crippen LogP contribution in [0.5, 0.6) is 0 Å². The van der Waals surface area contributed by atoms with Crippen molar-refractivity contribution in [3.63, 3.8) is 0 Å². The number of benzene rings is 1. The van der Waals surface area contributed by atoms with E-state index in [9.17, 15) is 5.11 Å². The number of hydrogen-bond acceptors (Lipinski definition) is 2. The third-order valence-corrected chi connectivity index (χ3v) is 3.43. The molecule has 1 aromatic carbocycles. The maximum absolute atomic E-state index is 10.1. The molecule has 1 aromatic heterocycles. The first kappa shape index (κ1) is 13.8. The Labute approximate surface area is 115 Å². The fourth-order valence-electron chi connectivity index (χ4n) is 2.18. The highest BCUT2D eigenvalue weighted by atomic mass is 16.3. The van der Waals surface area contributed by atoms with Crippen molar-refractivity contribution in [2.75, 3.05) is 0 Å². The molecule has 0 bridgehead atoms. The van der Waals surface area contributed by atoms with Crippen LogP contribution < -0.4 is 0 Å². The third-order valence-electron chi connectivity index (χ3n) is 3.43. The molecule has 0 radical (unpaired) electrons. The average molecular weight is 255 g/mol. The zero-order chi connectivity index (χ0) is 13.7. The molecule has 2 nitrogen and oxygen atoms in total. The summed E-state index contributed by atoms with van der Waals surface area (Å²) in [5.41, 5.74) is 4.72. The molecule has 1 atom stereocenters. The number of pyridine rings is 1. The first-order chi connectivity index (χ1) is 9.15. The van der Waals surface area contributed by atoms with E-state index in [1.54, 1.807) is 0 Å². The lowest BCUT2D eigenvalue weighted by Crippen LogP contribution is -2.13. The van der Waals surface area contributed by atoms with E-state index in [4.69, 9.17) is 0 Å². The minimum Gasteiger partial charge on any atom is -0.393 e. The van der Waals surface area contributed by atoms with Crippen molar-refractivity contribution in [1.82, 2.24) is 4.98 Å². The van der Waals surface area contributed by atoms with Crippen molar-refractivity contribution in [3.8, 4) is 0 Å². The van der Waals surface area contributed by atoms with Crippen molar-refractivity contribution in [2.45, 2.75) is 39.2 Å². The Bertz CT molecular complexity index is 519. The predicted molar refractivity (Wildman–Crippen MR) is 78.2 cm³/mol. The molecule has 0 aliphatic heterocycles. The Hall–Kier alpha value is -1.67. The van der Waals surface area contributed by atoms with Gasteiger partial charge in [-0.3, -0.25) is 4.98 Å². The number of nitrogens with zero attached hydrogens (tertiary/aromatic N) is 1. The van der Waals surface area contributed by atoms with E-state index in [1.807, 2.05) is 31.3 Å². The van der Waals surface area contributed by atoms with Crippen molar-refractivity contribution >= 4 is 0 Å². The number of hydrogen-bond donors (Lipinski definition) is 1. The molecule has 0 amide bonds. The van der Waals surface area contributed by atoms with Crippen LogP contribution in [0.2, 0.25) is 0 Å². The smallest absolute Gasteiger partial charge is 0.0598 e. The van der Waals surface area contributed by atoms with Crippen LogP contribution in [0.15, 0.2) is 42.6 Å². The zero-order valence-electron chi connectivity index (χ0n) is 11.6. The minimum atomic E-state index is -0.324. The lowest BCUT2D eigenvalue weighted by molar-refractivity contribution is 0.164. The lowest BCUT2D eigenvalue weighted by Gasteiger charge is -2.11. The highest BCUT2D eigenvalue weighted by molar-refractivity contribution is 5.25. The summed E-state index contributed by atoms with van der Waals surface area (Å²) in [4.78, 5) is 4.33. The summed E-state index contributed by atoms with van der Waals surface area (Å²) in [6, 6.07) is 12.4. The number of aryl methyl sites for hydroxylation is 3. The van der Waals surface area contributed by atoms with Crippen LogP contribution in [0.4, 0.5) is 0 Å². The van der Waals surface area contributed by atoms with Crippen molar-refractivity contribution < 1.29 is 5.11 Å². The van der Waals surface area contributed by atoms with Crippen LogP contribution in [-0.2, 0) is 12.8 Å². The van der Waals surface area contributed by atoms with E-state index in [1.165, 1.54) is 11.1 Å². The Morgan fingerprint density at radius 3 is 2.58 bits per heavy atom. The van der Waals surface area contributed by atoms with E-state index < -0.39 is 0 Å². The first-order valence-electron chi connectivity index (χ1n) is 6.79. The summed E-state index contributed by atoms with van der Waals surface area (Å²) in [5, 5.41) is 10.1. The summed E-state index contributed by atoms with van der Waals surface area (Å²) < 4.78 is 0. The Balaban J connectivity index is 1.86. The Morgan fingerprint density at radius 2 is 1.89 bits per heavy atom. The fraction of sp³-hybridized carbons (Fsp3) is 0.353. The molecule has 1 heterocycles. The van der Waals surface area contributed by atoms with Crippen LogP contribution in [0.1, 0.15) is 28.8 Å².